The molecule has 1 aliphatic rings. The quantitative estimate of drug-likeness (QED) is 0.717. The molecule has 1 unspecified atom stereocenters. The molecule has 1 amide bonds. The van der Waals surface area contributed by atoms with Gasteiger partial charge >= 0.3 is 0 Å². The summed E-state index contributed by atoms with van der Waals surface area (Å²) in [6.45, 7) is 0. The summed E-state index contributed by atoms with van der Waals surface area (Å²) in [6, 6.07) is 14.6. The van der Waals surface area contributed by atoms with Gasteiger partial charge in [0.25, 0.3) is 0 Å². The number of fused-ring (bicyclic) bond motifs is 1. The molecule has 4 rings (SSSR count). The summed E-state index contributed by atoms with van der Waals surface area (Å²) >= 11 is 1.71. The smallest absolute Gasteiger partial charge is 0.220 e. The van der Waals surface area contributed by atoms with E-state index in [2.05, 4.69) is 10.4 Å². The Balaban J connectivity index is 1.36. The molecular formula is C21H20FN3OS. The van der Waals surface area contributed by atoms with Crippen LogP contribution >= 0.6 is 11.8 Å². The minimum atomic E-state index is -0.260. The van der Waals surface area contributed by atoms with Crippen LogP contribution in [0.2, 0.25) is 0 Å². The molecule has 1 aliphatic heterocycles. The second kappa shape index (κ2) is 7.96. The van der Waals surface area contributed by atoms with Crippen LogP contribution in [0.4, 0.5) is 4.39 Å². The Labute approximate surface area is 161 Å². The van der Waals surface area contributed by atoms with Crippen molar-refractivity contribution in [2.45, 2.75) is 30.2 Å². The van der Waals surface area contributed by atoms with Crippen molar-refractivity contribution < 1.29 is 9.18 Å². The van der Waals surface area contributed by atoms with E-state index in [1.54, 1.807) is 24.0 Å². The maximum absolute atomic E-state index is 13.6. The highest BCUT2D eigenvalue weighted by molar-refractivity contribution is 7.99. The number of amides is 1. The number of hydrogen-bond donors (Lipinski definition) is 1. The standard InChI is InChI=1S/C21H20FN3OS/c22-16-7-8-20-18(12-16)19(10-11-27-20)24-21(26)9-6-15-13-23-25(14-15)17-4-2-1-3-5-17/h1-5,7-8,12-14,19H,6,9-11H2,(H,24,26). The molecule has 27 heavy (non-hydrogen) atoms. The van der Waals surface area contributed by atoms with Crippen LogP contribution in [0.1, 0.15) is 30.0 Å². The van der Waals surface area contributed by atoms with Gasteiger partial charge in [0.05, 0.1) is 17.9 Å². The normalized spacial score (nSPS) is 16.0. The number of nitrogens with one attached hydrogen (secondary N) is 1. The Hall–Kier alpha value is -2.60. The zero-order chi connectivity index (χ0) is 18.6. The molecule has 6 heteroatoms. The first-order valence-corrected chi connectivity index (χ1v) is 9.98. The van der Waals surface area contributed by atoms with E-state index in [0.717, 1.165) is 33.9 Å². The van der Waals surface area contributed by atoms with Crippen molar-refractivity contribution in [1.82, 2.24) is 15.1 Å². The lowest BCUT2D eigenvalue weighted by molar-refractivity contribution is -0.121. The molecule has 1 aromatic heterocycles. The molecular weight excluding hydrogens is 361 g/mol. The summed E-state index contributed by atoms with van der Waals surface area (Å²) < 4.78 is 15.4. The maximum atomic E-state index is 13.6. The Bertz CT molecular complexity index is 942. The van der Waals surface area contributed by atoms with Gasteiger partial charge in [0.15, 0.2) is 0 Å². The number of aryl methyl sites for hydroxylation is 1. The van der Waals surface area contributed by atoms with E-state index in [9.17, 15) is 9.18 Å². The number of carbonyl (C=O) groups excluding carboxylic acids is 1. The molecule has 1 N–H and O–H groups in total. The minimum absolute atomic E-state index is 0.0189. The van der Waals surface area contributed by atoms with E-state index >= 15 is 0 Å². The lowest BCUT2D eigenvalue weighted by Gasteiger charge is -2.26. The van der Waals surface area contributed by atoms with Crippen molar-refractivity contribution in [3.63, 3.8) is 0 Å². The number of para-hydroxylation sites is 1. The highest BCUT2D eigenvalue weighted by Crippen LogP contribution is 2.36. The molecule has 0 fully saturated rings. The fourth-order valence-corrected chi connectivity index (χ4v) is 4.36. The molecule has 3 aromatic rings. The number of aromatic nitrogens is 2. The summed E-state index contributed by atoms with van der Waals surface area (Å²) in [4.78, 5) is 13.5. The van der Waals surface area contributed by atoms with Crippen LogP contribution in [-0.4, -0.2) is 21.4 Å². The number of rotatable bonds is 5. The van der Waals surface area contributed by atoms with Crippen LogP contribution in [0.25, 0.3) is 5.69 Å². The number of benzene rings is 2. The lowest BCUT2D eigenvalue weighted by Crippen LogP contribution is -2.30. The van der Waals surface area contributed by atoms with Gasteiger partial charge in [-0.1, -0.05) is 18.2 Å². The van der Waals surface area contributed by atoms with Crippen LogP contribution in [0.3, 0.4) is 0 Å². The number of halogens is 1. The lowest BCUT2D eigenvalue weighted by atomic mass is 10.0. The summed E-state index contributed by atoms with van der Waals surface area (Å²) in [5, 5.41) is 7.42. The number of carbonyl (C=O) groups is 1. The molecule has 1 atom stereocenters. The van der Waals surface area contributed by atoms with Crippen LogP contribution in [-0.2, 0) is 11.2 Å². The van der Waals surface area contributed by atoms with Gasteiger partial charge in [0.2, 0.25) is 5.91 Å². The Morgan fingerprint density at radius 3 is 2.96 bits per heavy atom. The van der Waals surface area contributed by atoms with E-state index in [-0.39, 0.29) is 17.8 Å². The predicted octanol–water partition coefficient (Wildman–Crippen LogP) is 4.30. The number of hydrogen-bond acceptors (Lipinski definition) is 3. The number of nitrogens with zero attached hydrogens (tertiary/aromatic N) is 2. The summed E-state index contributed by atoms with van der Waals surface area (Å²) in [5.74, 6) is 0.645. The van der Waals surface area contributed by atoms with Gasteiger partial charge in [-0.15, -0.1) is 11.8 Å². The third-order valence-corrected chi connectivity index (χ3v) is 5.77. The second-order valence-electron chi connectivity index (χ2n) is 6.57. The first-order valence-electron chi connectivity index (χ1n) is 8.99. The van der Waals surface area contributed by atoms with Crippen molar-refractivity contribution in [1.29, 1.82) is 0 Å². The van der Waals surface area contributed by atoms with E-state index in [1.165, 1.54) is 12.1 Å². The van der Waals surface area contributed by atoms with E-state index in [4.69, 9.17) is 0 Å². The van der Waals surface area contributed by atoms with Gasteiger partial charge in [0.1, 0.15) is 5.82 Å². The van der Waals surface area contributed by atoms with Gasteiger partial charge < -0.3 is 5.32 Å². The highest BCUT2D eigenvalue weighted by atomic mass is 32.2. The van der Waals surface area contributed by atoms with Crippen molar-refractivity contribution in [3.05, 3.63) is 77.9 Å². The van der Waals surface area contributed by atoms with Gasteiger partial charge in [-0.05, 0) is 54.3 Å². The van der Waals surface area contributed by atoms with Crippen molar-refractivity contribution in [2.75, 3.05) is 5.75 Å². The van der Waals surface area contributed by atoms with Crippen molar-refractivity contribution >= 4 is 17.7 Å². The molecule has 0 spiro atoms. The Kier molecular flexibility index (Phi) is 5.25. The van der Waals surface area contributed by atoms with Crippen LogP contribution in [0.15, 0.2) is 65.8 Å². The molecule has 2 heterocycles. The fourth-order valence-electron chi connectivity index (χ4n) is 3.25. The maximum Gasteiger partial charge on any atom is 0.220 e. The summed E-state index contributed by atoms with van der Waals surface area (Å²) in [5.41, 5.74) is 2.89. The molecule has 2 aromatic carbocycles. The van der Waals surface area contributed by atoms with Gasteiger partial charge in [0, 0.05) is 23.3 Å². The van der Waals surface area contributed by atoms with E-state index in [0.29, 0.717) is 12.8 Å². The average molecular weight is 381 g/mol. The SMILES string of the molecule is O=C(CCc1cnn(-c2ccccc2)c1)NC1CCSc2ccc(F)cc21. The molecule has 4 nitrogen and oxygen atoms in total. The molecule has 0 saturated heterocycles. The predicted molar refractivity (Wildman–Crippen MR) is 105 cm³/mol. The molecule has 0 saturated carbocycles. The van der Waals surface area contributed by atoms with E-state index < -0.39 is 0 Å². The van der Waals surface area contributed by atoms with Gasteiger partial charge in [-0.2, -0.15) is 5.10 Å². The molecule has 0 aliphatic carbocycles. The summed E-state index contributed by atoms with van der Waals surface area (Å²) in [6.07, 6.45) is 5.57. The fraction of sp³-hybridized carbons (Fsp3) is 0.238. The Morgan fingerprint density at radius 1 is 1.26 bits per heavy atom. The van der Waals surface area contributed by atoms with Gasteiger partial charge in [-0.3, -0.25) is 4.79 Å². The first kappa shape index (κ1) is 17.8. The average Bonchev–Trinajstić information content (AvgIpc) is 3.17. The molecule has 0 bridgehead atoms. The third kappa shape index (κ3) is 4.22. The largest absolute Gasteiger partial charge is 0.349 e. The highest BCUT2D eigenvalue weighted by Gasteiger charge is 2.22. The zero-order valence-electron chi connectivity index (χ0n) is 14.8. The van der Waals surface area contributed by atoms with Gasteiger partial charge in [-0.25, -0.2) is 9.07 Å². The van der Waals surface area contributed by atoms with Crippen LogP contribution < -0.4 is 5.32 Å². The third-order valence-electron chi connectivity index (χ3n) is 4.64. The van der Waals surface area contributed by atoms with Crippen LogP contribution in [0.5, 0.6) is 0 Å². The Morgan fingerprint density at radius 2 is 2.11 bits per heavy atom. The van der Waals surface area contributed by atoms with Crippen LogP contribution in [0, 0.1) is 5.82 Å². The van der Waals surface area contributed by atoms with E-state index in [1.807, 2.05) is 41.2 Å². The molecule has 138 valence electrons. The zero-order valence-corrected chi connectivity index (χ0v) is 15.6. The minimum Gasteiger partial charge on any atom is -0.349 e. The topological polar surface area (TPSA) is 46.9 Å². The monoisotopic (exact) mass is 381 g/mol. The first-order chi connectivity index (χ1) is 13.2. The molecule has 0 radical (unpaired) electrons. The second-order valence-corrected chi connectivity index (χ2v) is 7.70. The van der Waals surface area contributed by atoms with Crippen molar-refractivity contribution in [3.8, 4) is 5.69 Å². The van der Waals surface area contributed by atoms with Crippen molar-refractivity contribution in [2.24, 2.45) is 0 Å². The number of thioether (sulfide) groups is 1. The summed E-state index contributed by atoms with van der Waals surface area (Å²) in [7, 11) is 0.